The van der Waals surface area contributed by atoms with Crippen LogP contribution in [0.25, 0.3) is 0 Å². The van der Waals surface area contributed by atoms with E-state index in [2.05, 4.69) is 10.3 Å². The molecule has 0 radical (unpaired) electrons. The van der Waals surface area contributed by atoms with Crippen LogP contribution in [0.5, 0.6) is 5.75 Å². The van der Waals surface area contributed by atoms with Crippen molar-refractivity contribution in [2.45, 2.75) is 13.0 Å². The minimum atomic E-state index is -0.217. The average molecular weight is 245 g/mol. The van der Waals surface area contributed by atoms with Crippen molar-refractivity contribution in [1.29, 1.82) is 0 Å². The fraction of sp³-hybridized carbons (Fsp3) is 0.231. The molecule has 0 spiro atoms. The SMILES string of the molecule is COc1ccccc1C(C)NC(=O)n1ccnc1. The molecule has 1 atom stereocenters. The Morgan fingerprint density at radius 1 is 1.44 bits per heavy atom. The van der Waals surface area contributed by atoms with E-state index in [1.807, 2.05) is 31.2 Å². The summed E-state index contributed by atoms with van der Waals surface area (Å²) in [5, 5.41) is 2.88. The molecular weight excluding hydrogens is 230 g/mol. The number of aromatic nitrogens is 2. The number of ether oxygens (including phenoxy) is 1. The number of nitrogens with one attached hydrogen (secondary N) is 1. The second-order valence-electron chi connectivity index (χ2n) is 3.88. The largest absolute Gasteiger partial charge is 0.496 e. The highest BCUT2D eigenvalue weighted by Crippen LogP contribution is 2.24. The Kier molecular flexibility index (Phi) is 3.62. The van der Waals surface area contributed by atoms with Crippen molar-refractivity contribution < 1.29 is 9.53 Å². The van der Waals surface area contributed by atoms with Crippen LogP contribution in [0, 0.1) is 0 Å². The molecule has 0 fully saturated rings. The summed E-state index contributed by atoms with van der Waals surface area (Å²) in [6.45, 7) is 1.91. The Morgan fingerprint density at radius 3 is 2.89 bits per heavy atom. The first kappa shape index (κ1) is 12.2. The smallest absolute Gasteiger partial charge is 0.327 e. The van der Waals surface area contributed by atoms with Crippen LogP contribution in [0.2, 0.25) is 0 Å². The van der Waals surface area contributed by atoms with Crippen molar-refractivity contribution in [2.24, 2.45) is 0 Å². The van der Waals surface area contributed by atoms with E-state index in [0.717, 1.165) is 11.3 Å². The molecule has 1 aromatic carbocycles. The van der Waals surface area contributed by atoms with E-state index >= 15 is 0 Å². The topological polar surface area (TPSA) is 56.1 Å². The molecule has 1 amide bonds. The first-order valence-corrected chi connectivity index (χ1v) is 5.64. The van der Waals surface area contributed by atoms with Crippen LogP contribution < -0.4 is 10.1 Å². The summed E-state index contributed by atoms with van der Waals surface area (Å²) in [6, 6.07) is 7.25. The van der Waals surface area contributed by atoms with E-state index in [1.165, 1.54) is 10.9 Å². The van der Waals surface area contributed by atoms with Gasteiger partial charge >= 0.3 is 6.03 Å². The third-order valence-corrected chi connectivity index (χ3v) is 2.68. The van der Waals surface area contributed by atoms with E-state index in [-0.39, 0.29) is 12.1 Å². The summed E-state index contributed by atoms with van der Waals surface area (Å²) in [7, 11) is 1.61. The van der Waals surface area contributed by atoms with Gasteiger partial charge in [0.25, 0.3) is 0 Å². The minimum Gasteiger partial charge on any atom is -0.496 e. The normalized spacial score (nSPS) is 11.9. The highest BCUT2D eigenvalue weighted by Gasteiger charge is 2.13. The molecule has 5 heteroatoms. The summed E-state index contributed by atoms with van der Waals surface area (Å²) < 4.78 is 6.66. The number of imidazole rings is 1. The number of carbonyl (C=O) groups is 1. The van der Waals surface area contributed by atoms with Gasteiger partial charge < -0.3 is 10.1 Å². The summed E-state index contributed by atoms with van der Waals surface area (Å²) in [5.74, 6) is 0.760. The van der Waals surface area contributed by atoms with Gasteiger partial charge in [-0.1, -0.05) is 18.2 Å². The lowest BCUT2D eigenvalue weighted by Gasteiger charge is -2.17. The zero-order valence-corrected chi connectivity index (χ0v) is 10.3. The van der Waals surface area contributed by atoms with Gasteiger partial charge in [-0.15, -0.1) is 0 Å². The number of benzene rings is 1. The molecule has 94 valence electrons. The summed E-state index contributed by atoms with van der Waals surface area (Å²) in [5.41, 5.74) is 0.938. The number of hydrogen-bond donors (Lipinski definition) is 1. The Morgan fingerprint density at radius 2 is 2.22 bits per heavy atom. The van der Waals surface area contributed by atoms with Crippen LogP contribution in [0.1, 0.15) is 18.5 Å². The van der Waals surface area contributed by atoms with Crippen LogP contribution in [-0.4, -0.2) is 22.7 Å². The van der Waals surface area contributed by atoms with Crippen LogP contribution in [0.3, 0.4) is 0 Å². The number of amides is 1. The molecule has 2 rings (SSSR count). The standard InChI is InChI=1S/C13H15N3O2/c1-10(11-5-3-4-6-12(11)18-2)15-13(17)16-8-7-14-9-16/h3-10H,1-2H3,(H,15,17). The quantitative estimate of drug-likeness (QED) is 0.902. The maximum Gasteiger partial charge on any atom is 0.327 e. The van der Waals surface area contributed by atoms with E-state index in [4.69, 9.17) is 4.74 Å². The van der Waals surface area contributed by atoms with Crippen LogP contribution in [0.15, 0.2) is 43.0 Å². The highest BCUT2D eigenvalue weighted by molar-refractivity contribution is 5.76. The first-order chi connectivity index (χ1) is 8.72. The molecular formula is C13H15N3O2. The van der Waals surface area contributed by atoms with Gasteiger partial charge in [-0.3, -0.25) is 4.57 Å². The number of rotatable bonds is 3. The van der Waals surface area contributed by atoms with E-state index in [0.29, 0.717) is 0 Å². The highest BCUT2D eigenvalue weighted by atomic mass is 16.5. The van der Waals surface area contributed by atoms with Gasteiger partial charge in [-0.05, 0) is 13.0 Å². The van der Waals surface area contributed by atoms with Gasteiger partial charge in [-0.25, -0.2) is 9.78 Å². The lowest BCUT2D eigenvalue weighted by molar-refractivity contribution is 0.239. The molecule has 5 nitrogen and oxygen atoms in total. The Hall–Kier alpha value is -2.30. The molecule has 1 N–H and O–H groups in total. The van der Waals surface area contributed by atoms with Gasteiger partial charge in [0, 0.05) is 18.0 Å². The molecule has 1 unspecified atom stereocenters. The molecule has 18 heavy (non-hydrogen) atoms. The van der Waals surface area contributed by atoms with Gasteiger partial charge in [0.2, 0.25) is 0 Å². The molecule has 0 aliphatic carbocycles. The van der Waals surface area contributed by atoms with E-state index in [9.17, 15) is 4.79 Å². The second kappa shape index (κ2) is 5.35. The lowest BCUT2D eigenvalue weighted by atomic mass is 10.1. The Balaban J connectivity index is 2.12. The number of methoxy groups -OCH3 is 1. The first-order valence-electron chi connectivity index (χ1n) is 5.64. The summed E-state index contributed by atoms with van der Waals surface area (Å²) in [6.07, 6.45) is 4.63. The Bertz CT molecular complexity index is 523. The number of nitrogens with zero attached hydrogens (tertiary/aromatic N) is 2. The molecule has 1 aromatic heterocycles. The number of hydrogen-bond acceptors (Lipinski definition) is 3. The van der Waals surface area contributed by atoms with Crippen molar-refractivity contribution in [3.63, 3.8) is 0 Å². The monoisotopic (exact) mass is 245 g/mol. The molecule has 0 saturated carbocycles. The molecule has 2 aromatic rings. The van der Waals surface area contributed by atoms with Gasteiger partial charge in [0.1, 0.15) is 12.1 Å². The second-order valence-corrected chi connectivity index (χ2v) is 3.88. The van der Waals surface area contributed by atoms with Crippen molar-refractivity contribution in [1.82, 2.24) is 14.9 Å². The zero-order chi connectivity index (χ0) is 13.0. The third kappa shape index (κ3) is 2.51. The molecule has 0 aliphatic rings. The number of carbonyl (C=O) groups excluding carboxylic acids is 1. The predicted molar refractivity (Wildman–Crippen MR) is 67.6 cm³/mol. The lowest BCUT2D eigenvalue weighted by Crippen LogP contribution is -2.30. The molecule has 0 bridgehead atoms. The van der Waals surface area contributed by atoms with Gasteiger partial charge in [-0.2, -0.15) is 0 Å². The maximum atomic E-state index is 11.9. The van der Waals surface area contributed by atoms with Crippen LogP contribution in [-0.2, 0) is 0 Å². The third-order valence-electron chi connectivity index (χ3n) is 2.68. The van der Waals surface area contributed by atoms with Gasteiger partial charge in [0.05, 0.1) is 13.2 Å². The van der Waals surface area contributed by atoms with E-state index < -0.39 is 0 Å². The summed E-state index contributed by atoms with van der Waals surface area (Å²) in [4.78, 5) is 15.7. The maximum absolute atomic E-state index is 11.9. The average Bonchev–Trinajstić information content (AvgIpc) is 2.92. The molecule has 0 aliphatic heterocycles. The number of para-hydroxylation sites is 1. The van der Waals surface area contributed by atoms with Crippen molar-refractivity contribution in [3.8, 4) is 5.75 Å². The molecule has 1 heterocycles. The fourth-order valence-electron chi connectivity index (χ4n) is 1.74. The fourth-order valence-corrected chi connectivity index (χ4v) is 1.74. The van der Waals surface area contributed by atoms with Crippen molar-refractivity contribution in [3.05, 3.63) is 48.5 Å². The van der Waals surface area contributed by atoms with Gasteiger partial charge in [0.15, 0.2) is 0 Å². The van der Waals surface area contributed by atoms with Crippen molar-refractivity contribution in [2.75, 3.05) is 7.11 Å². The van der Waals surface area contributed by atoms with Crippen LogP contribution in [0.4, 0.5) is 4.79 Å². The van der Waals surface area contributed by atoms with Crippen LogP contribution >= 0.6 is 0 Å². The zero-order valence-electron chi connectivity index (χ0n) is 10.3. The minimum absolute atomic E-state index is 0.143. The molecule has 0 saturated heterocycles. The van der Waals surface area contributed by atoms with E-state index in [1.54, 1.807) is 19.5 Å². The summed E-state index contributed by atoms with van der Waals surface area (Å²) >= 11 is 0. The predicted octanol–water partition coefficient (Wildman–Crippen LogP) is 2.21. The van der Waals surface area contributed by atoms with Crippen molar-refractivity contribution >= 4 is 6.03 Å². The Labute approximate surface area is 105 Å².